The summed E-state index contributed by atoms with van der Waals surface area (Å²) in [5.41, 5.74) is 0. The third-order valence-corrected chi connectivity index (χ3v) is 3.98. The molecule has 10 atom stereocenters. The van der Waals surface area contributed by atoms with Gasteiger partial charge in [0.25, 0.3) is 0 Å². The van der Waals surface area contributed by atoms with E-state index in [-0.39, 0.29) is 37.7 Å². The average molecular weight is 442 g/mol. The number of hydrogen-bond donors (Lipinski definition) is 8. The van der Waals surface area contributed by atoms with Crippen LogP contribution in [0.5, 0.6) is 0 Å². The Hall–Kier alpha value is 0.0897. The zero-order valence-corrected chi connectivity index (χ0v) is 16.6. The minimum absolute atomic E-state index is 0. The smallest absolute Gasteiger partial charge is 0.652 e. The zero-order valence-electron chi connectivity index (χ0n) is 14.4. The van der Waals surface area contributed by atoms with Crippen molar-refractivity contribution in [3.05, 3.63) is 0 Å². The minimum Gasteiger partial charge on any atom is -0.652 e. The van der Waals surface area contributed by atoms with Gasteiger partial charge in [0, 0.05) is 0 Å². The first kappa shape index (κ1) is 28.1. The van der Waals surface area contributed by atoms with Crippen LogP contribution in [0, 0.1) is 0 Å². The molecular weight excluding hydrogens is 420 g/mol. The standard InChI is InChI=1S/C12H22O11.CH2O3.Ca/c13-1-3-5(15)6(16)9(19)12(22-3)23-10-4(2-14)21-11(20)8(18)7(10)17;2-1(3)4;/h3-20H,1-2H2;(H2,2,3,4);/q;;+2/p-2/t3-,4-,5-,6+,7-,8-,9-,10-,11-,12-;;/m1../s1. The Labute approximate surface area is 188 Å². The van der Waals surface area contributed by atoms with Crippen molar-refractivity contribution < 1.29 is 70.1 Å². The summed E-state index contributed by atoms with van der Waals surface area (Å²) in [7, 11) is 0. The molecule has 15 heteroatoms. The molecule has 0 aromatic heterocycles. The maximum atomic E-state index is 9.94. The molecule has 0 aromatic carbocycles. The Balaban J connectivity index is 0.00000133. The molecule has 28 heavy (non-hydrogen) atoms. The van der Waals surface area contributed by atoms with Crippen molar-refractivity contribution >= 4 is 43.9 Å². The second-order valence-corrected chi connectivity index (χ2v) is 5.78. The van der Waals surface area contributed by atoms with E-state index in [2.05, 4.69) is 0 Å². The number of carbonyl (C=O) groups excluding carboxylic acids is 1. The van der Waals surface area contributed by atoms with Crippen LogP contribution in [0.1, 0.15) is 0 Å². The van der Waals surface area contributed by atoms with Crippen molar-refractivity contribution in [2.24, 2.45) is 0 Å². The van der Waals surface area contributed by atoms with Crippen LogP contribution in [0.15, 0.2) is 0 Å². The van der Waals surface area contributed by atoms with E-state index in [0.29, 0.717) is 0 Å². The fraction of sp³-hybridized carbons (Fsp3) is 0.923. The maximum absolute atomic E-state index is 9.94. The predicted molar refractivity (Wildman–Crippen MR) is 79.8 cm³/mol. The molecule has 0 amide bonds. The second-order valence-electron chi connectivity index (χ2n) is 5.78. The number of carboxylic acid groups (broad SMARTS) is 2. The molecule has 2 fully saturated rings. The topological polar surface area (TPSA) is 253 Å². The van der Waals surface area contributed by atoms with Crippen molar-refractivity contribution in [1.82, 2.24) is 0 Å². The van der Waals surface area contributed by atoms with E-state index in [4.69, 9.17) is 34.3 Å². The van der Waals surface area contributed by atoms with E-state index in [1.165, 1.54) is 0 Å². The Bertz CT molecular complexity index is 461. The molecular formula is C13H22CaO14. The van der Waals surface area contributed by atoms with E-state index >= 15 is 0 Å². The van der Waals surface area contributed by atoms with E-state index in [9.17, 15) is 35.7 Å². The number of carbonyl (C=O) groups is 1. The molecule has 14 nitrogen and oxygen atoms in total. The van der Waals surface area contributed by atoms with Crippen LogP contribution in [-0.4, -0.2) is 159 Å². The molecule has 2 saturated heterocycles. The van der Waals surface area contributed by atoms with Crippen molar-refractivity contribution in [3.63, 3.8) is 0 Å². The first-order valence-corrected chi connectivity index (χ1v) is 7.69. The van der Waals surface area contributed by atoms with Crippen LogP contribution in [0.25, 0.3) is 0 Å². The summed E-state index contributed by atoms with van der Waals surface area (Å²) in [6, 6.07) is 0. The summed E-state index contributed by atoms with van der Waals surface area (Å²) in [5.74, 6) is 0. The van der Waals surface area contributed by atoms with Gasteiger partial charge >= 0.3 is 37.7 Å². The molecule has 0 spiro atoms. The predicted octanol–water partition coefficient (Wildman–Crippen LogP) is -8.22. The molecule has 0 unspecified atom stereocenters. The Morgan fingerprint density at radius 2 is 1.29 bits per heavy atom. The number of hydrogen-bond acceptors (Lipinski definition) is 14. The van der Waals surface area contributed by atoms with Gasteiger partial charge in [0.15, 0.2) is 12.6 Å². The van der Waals surface area contributed by atoms with Crippen molar-refractivity contribution in [3.8, 4) is 0 Å². The fourth-order valence-corrected chi connectivity index (χ4v) is 2.57. The molecule has 2 aliphatic rings. The molecule has 8 N–H and O–H groups in total. The Morgan fingerprint density at radius 3 is 1.75 bits per heavy atom. The summed E-state index contributed by atoms with van der Waals surface area (Å²) in [6.07, 6.45) is -17.9. The summed E-state index contributed by atoms with van der Waals surface area (Å²) in [5, 5.41) is 93.2. The normalized spacial score (nSPS) is 43.3. The van der Waals surface area contributed by atoms with Gasteiger partial charge in [0.1, 0.15) is 48.8 Å². The third-order valence-electron chi connectivity index (χ3n) is 3.98. The second kappa shape index (κ2) is 12.7. The molecule has 2 rings (SSSR count). The van der Waals surface area contributed by atoms with Gasteiger partial charge < -0.3 is 70.1 Å². The molecule has 0 aromatic rings. The molecule has 2 heterocycles. The van der Waals surface area contributed by atoms with Crippen molar-refractivity contribution in [2.45, 2.75) is 61.4 Å². The summed E-state index contributed by atoms with van der Waals surface area (Å²) in [4.78, 5) is 8.33. The first-order chi connectivity index (χ1) is 12.5. The van der Waals surface area contributed by atoms with Crippen LogP contribution < -0.4 is 10.2 Å². The monoisotopic (exact) mass is 442 g/mol. The summed E-state index contributed by atoms with van der Waals surface area (Å²) in [6.45, 7) is -1.35. The quantitative estimate of drug-likeness (QED) is 0.188. The number of ether oxygens (including phenoxy) is 3. The zero-order chi connectivity index (χ0) is 20.9. The first-order valence-electron chi connectivity index (χ1n) is 7.69. The molecule has 0 saturated carbocycles. The van der Waals surface area contributed by atoms with Gasteiger partial charge in [0.05, 0.1) is 13.2 Å². The van der Waals surface area contributed by atoms with E-state index < -0.39 is 80.8 Å². The Morgan fingerprint density at radius 1 is 0.786 bits per heavy atom. The summed E-state index contributed by atoms with van der Waals surface area (Å²) < 4.78 is 15.3. The van der Waals surface area contributed by atoms with Crippen molar-refractivity contribution in [2.75, 3.05) is 13.2 Å². The SMILES string of the molecule is O=C([O-])[O-].OC[C@H]1O[C@H](O[C@H]2[C@H](O)[C@@H](O)[C@H](O)O[C@@H]2CO)[C@H](O)[C@@H](O)[C@@H]1O.[Ca+2]. The van der Waals surface area contributed by atoms with Gasteiger partial charge in [-0.3, -0.25) is 0 Å². The number of rotatable bonds is 4. The molecule has 0 aliphatic carbocycles. The van der Waals surface area contributed by atoms with Gasteiger partial charge in [-0.25, -0.2) is 0 Å². The molecule has 0 radical (unpaired) electrons. The maximum Gasteiger partial charge on any atom is 2.00 e. The fourth-order valence-electron chi connectivity index (χ4n) is 2.57. The van der Waals surface area contributed by atoms with Crippen LogP contribution in [0.4, 0.5) is 4.79 Å². The Kier molecular flexibility index (Phi) is 12.8. The third kappa shape index (κ3) is 7.10. The van der Waals surface area contributed by atoms with Gasteiger partial charge in [-0.2, -0.15) is 0 Å². The van der Waals surface area contributed by atoms with Crippen LogP contribution >= 0.6 is 0 Å². The largest absolute Gasteiger partial charge is 2.00 e. The van der Waals surface area contributed by atoms with Crippen molar-refractivity contribution in [1.29, 1.82) is 0 Å². The van der Waals surface area contributed by atoms with Gasteiger partial charge in [0.2, 0.25) is 0 Å². The van der Waals surface area contributed by atoms with E-state index in [1.807, 2.05) is 0 Å². The molecule has 0 bridgehead atoms. The van der Waals surface area contributed by atoms with Crippen LogP contribution in [0.2, 0.25) is 0 Å². The van der Waals surface area contributed by atoms with E-state index in [1.54, 1.807) is 0 Å². The number of aliphatic hydroxyl groups excluding tert-OH is 8. The molecule has 160 valence electrons. The van der Waals surface area contributed by atoms with Gasteiger partial charge in [-0.15, -0.1) is 0 Å². The summed E-state index contributed by atoms with van der Waals surface area (Å²) >= 11 is 0. The van der Waals surface area contributed by atoms with Gasteiger partial charge in [-0.1, -0.05) is 0 Å². The van der Waals surface area contributed by atoms with Gasteiger partial charge in [-0.05, 0) is 6.16 Å². The molecule has 2 aliphatic heterocycles. The van der Waals surface area contributed by atoms with Crippen LogP contribution in [0.3, 0.4) is 0 Å². The van der Waals surface area contributed by atoms with Crippen LogP contribution in [-0.2, 0) is 14.2 Å². The number of aliphatic hydroxyl groups is 8. The minimum atomic E-state index is -2.33. The average Bonchev–Trinajstić information content (AvgIpc) is 2.61. The van der Waals surface area contributed by atoms with E-state index in [0.717, 1.165) is 0 Å².